The van der Waals surface area contributed by atoms with Crippen molar-refractivity contribution in [1.82, 2.24) is 4.90 Å². The summed E-state index contributed by atoms with van der Waals surface area (Å²) in [5.41, 5.74) is 2.96. The van der Waals surface area contributed by atoms with Crippen LogP contribution in [0.3, 0.4) is 0 Å². The van der Waals surface area contributed by atoms with Crippen LogP contribution in [0.1, 0.15) is 21.5 Å². The fraction of sp³-hybridized carbons (Fsp3) is 0.188. The van der Waals surface area contributed by atoms with E-state index in [1.54, 1.807) is 4.90 Å². The summed E-state index contributed by atoms with van der Waals surface area (Å²) >= 11 is 3.46. The van der Waals surface area contributed by atoms with Gasteiger partial charge in [0.2, 0.25) is 0 Å². The SMILES string of the molecule is Cc1ccc(C(=O)N(C)Cc2ccccc2)cc1Br. The summed E-state index contributed by atoms with van der Waals surface area (Å²) < 4.78 is 0.964. The fourth-order valence-corrected chi connectivity index (χ4v) is 2.25. The zero-order valence-corrected chi connectivity index (χ0v) is 12.6. The number of carbonyl (C=O) groups is 1. The van der Waals surface area contributed by atoms with E-state index >= 15 is 0 Å². The molecule has 0 unspecified atom stereocenters. The fourth-order valence-electron chi connectivity index (χ4n) is 1.88. The lowest BCUT2D eigenvalue weighted by molar-refractivity contribution is 0.0785. The monoisotopic (exact) mass is 317 g/mol. The average Bonchev–Trinajstić information content (AvgIpc) is 2.42. The first-order valence-corrected chi connectivity index (χ1v) is 6.93. The van der Waals surface area contributed by atoms with Gasteiger partial charge >= 0.3 is 0 Å². The Morgan fingerprint density at radius 1 is 1.16 bits per heavy atom. The molecule has 19 heavy (non-hydrogen) atoms. The number of hydrogen-bond acceptors (Lipinski definition) is 1. The van der Waals surface area contributed by atoms with E-state index in [1.807, 2.05) is 62.5 Å². The van der Waals surface area contributed by atoms with Crippen molar-refractivity contribution in [3.05, 3.63) is 69.7 Å². The third-order valence-electron chi connectivity index (χ3n) is 3.03. The molecule has 0 aromatic heterocycles. The van der Waals surface area contributed by atoms with Crippen molar-refractivity contribution in [2.24, 2.45) is 0 Å². The summed E-state index contributed by atoms with van der Waals surface area (Å²) in [6, 6.07) is 15.7. The van der Waals surface area contributed by atoms with Gasteiger partial charge in [-0.15, -0.1) is 0 Å². The summed E-state index contributed by atoms with van der Waals surface area (Å²) in [5.74, 6) is 0.0320. The third-order valence-corrected chi connectivity index (χ3v) is 3.88. The number of rotatable bonds is 3. The van der Waals surface area contributed by atoms with Crippen LogP contribution in [-0.2, 0) is 6.54 Å². The van der Waals surface area contributed by atoms with Crippen molar-refractivity contribution < 1.29 is 4.79 Å². The predicted molar refractivity (Wildman–Crippen MR) is 81.1 cm³/mol. The molecule has 0 saturated heterocycles. The summed E-state index contributed by atoms with van der Waals surface area (Å²) in [4.78, 5) is 14.0. The highest BCUT2D eigenvalue weighted by Crippen LogP contribution is 2.18. The second-order valence-corrected chi connectivity index (χ2v) is 5.47. The van der Waals surface area contributed by atoms with E-state index in [9.17, 15) is 4.79 Å². The Labute approximate surface area is 122 Å². The summed E-state index contributed by atoms with van der Waals surface area (Å²) in [5, 5.41) is 0. The molecule has 1 amide bonds. The Bertz CT molecular complexity index is 581. The molecule has 0 aliphatic carbocycles. The van der Waals surface area contributed by atoms with E-state index in [0.29, 0.717) is 12.1 Å². The van der Waals surface area contributed by atoms with Gasteiger partial charge in [0.05, 0.1) is 0 Å². The van der Waals surface area contributed by atoms with Crippen molar-refractivity contribution >= 4 is 21.8 Å². The van der Waals surface area contributed by atoms with Crippen LogP contribution in [0, 0.1) is 6.92 Å². The van der Waals surface area contributed by atoms with Crippen molar-refractivity contribution in [3.63, 3.8) is 0 Å². The molecule has 0 spiro atoms. The van der Waals surface area contributed by atoms with Crippen LogP contribution < -0.4 is 0 Å². The van der Waals surface area contributed by atoms with Crippen LogP contribution in [0.5, 0.6) is 0 Å². The molecule has 0 heterocycles. The number of aryl methyl sites for hydroxylation is 1. The Balaban J connectivity index is 2.12. The molecule has 0 bridgehead atoms. The molecule has 98 valence electrons. The average molecular weight is 318 g/mol. The summed E-state index contributed by atoms with van der Waals surface area (Å²) in [7, 11) is 1.82. The molecule has 0 N–H and O–H groups in total. The molecule has 0 aliphatic rings. The topological polar surface area (TPSA) is 20.3 Å². The van der Waals surface area contributed by atoms with E-state index < -0.39 is 0 Å². The molecule has 0 atom stereocenters. The molecule has 3 heteroatoms. The van der Waals surface area contributed by atoms with Gasteiger partial charge in [-0.3, -0.25) is 4.79 Å². The minimum absolute atomic E-state index is 0.0320. The van der Waals surface area contributed by atoms with Crippen LogP contribution >= 0.6 is 15.9 Å². The van der Waals surface area contributed by atoms with Crippen molar-refractivity contribution in [2.45, 2.75) is 13.5 Å². The van der Waals surface area contributed by atoms with Gasteiger partial charge in [0.1, 0.15) is 0 Å². The molecule has 2 rings (SSSR count). The summed E-state index contributed by atoms with van der Waals surface area (Å²) in [6.07, 6.45) is 0. The van der Waals surface area contributed by atoms with Crippen LogP contribution in [0.25, 0.3) is 0 Å². The molecular weight excluding hydrogens is 302 g/mol. The third kappa shape index (κ3) is 3.44. The molecule has 0 fully saturated rings. The van der Waals surface area contributed by atoms with E-state index in [4.69, 9.17) is 0 Å². The van der Waals surface area contributed by atoms with Crippen LogP contribution in [0.4, 0.5) is 0 Å². The maximum atomic E-state index is 12.3. The molecular formula is C16H16BrNO. The standard InChI is InChI=1S/C16H16BrNO/c1-12-8-9-14(10-15(12)17)16(19)18(2)11-13-6-4-3-5-7-13/h3-10H,11H2,1-2H3. The predicted octanol–water partition coefficient (Wildman–Crippen LogP) is 4.03. The van der Waals surface area contributed by atoms with Gasteiger partial charge in [0.15, 0.2) is 0 Å². The maximum Gasteiger partial charge on any atom is 0.253 e. The quantitative estimate of drug-likeness (QED) is 0.837. The van der Waals surface area contributed by atoms with Gasteiger partial charge < -0.3 is 4.90 Å². The van der Waals surface area contributed by atoms with Crippen LogP contribution in [0.2, 0.25) is 0 Å². The van der Waals surface area contributed by atoms with Crippen LogP contribution in [0.15, 0.2) is 53.0 Å². The van der Waals surface area contributed by atoms with E-state index in [1.165, 1.54) is 0 Å². The minimum atomic E-state index is 0.0320. The highest BCUT2D eigenvalue weighted by atomic mass is 79.9. The van der Waals surface area contributed by atoms with Gasteiger partial charge in [-0.25, -0.2) is 0 Å². The van der Waals surface area contributed by atoms with Crippen molar-refractivity contribution in [3.8, 4) is 0 Å². The first-order chi connectivity index (χ1) is 9.08. The zero-order valence-electron chi connectivity index (χ0n) is 11.1. The summed E-state index contributed by atoms with van der Waals surface area (Å²) in [6.45, 7) is 2.62. The number of amides is 1. The highest BCUT2D eigenvalue weighted by molar-refractivity contribution is 9.10. The number of benzene rings is 2. The smallest absolute Gasteiger partial charge is 0.253 e. The van der Waals surface area contributed by atoms with Gasteiger partial charge in [-0.05, 0) is 30.2 Å². The number of carbonyl (C=O) groups excluding carboxylic acids is 1. The maximum absolute atomic E-state index is 12.3. The molecule has 2 aromatic rings. The Morgan fingerprint density at radius 3 is 2.47 bits per heavy atom. The van der Waals surface area contributed by atoms with Crippen molar-refractivity contribution in [1.29, 1.82) is 0 Å². The number of halogens is 1. The lowest BCUT2D eigenvalue weighted by Crippen LogP contribution is -2.26. The molecule has 0 radical (unpaired) electrons. The number of hydrogen-bond donors (Lipinski definition) is 0. The second kappa shape index (κ2) is 6.02. The molecule has 0 saturated carbocycles. The van der Waals surface area contributed by atoms with Gasteiger partial charge in [-0.2, -0.15) is 0 Å². The molecule has 0 aliphatic heterocycles. The van der Waals surface area contributed by atoms with Crippen LogP contribution in [-0.4, -0.2) is 17.9 Å². The molecule has 2 nitrogen and oxygen atoms in total. The number of nitrogens with zero attached hydrogens (tertiary/aromatic N) is 1. The lowest BCUT2D eigenvalue weighted by atomic mass is 10.1. The van der Waals surface area contributed by atoms with E-state index in [0.717, 1.165) is 15.6 Å². The minimum Gasteiger partial charge on any atom is -0.337 e. The Morgan fingerprint density at radius 2 is 1.84 bits per heavy atom. The van der Waals surface area contributed by atoms with Gasteiger partial charge in [-0.1, -0.05) is 52.3 Å². The normalized spacial score (nSPS) is 10.3. The highest BCUT2D eigenvalue weighted by Gasteiger charge is 2.12. The van der Waals surface area contributed by atoms with E-state index in [-0.39, 0.29) is 5.91 Å². The molecule has 2 aromatic carbocycles. The first-order valence-electron chi connectivity index (χ1n) is 6.13. The van der Waals surface area contributed by atoms with Crippen molar-refractivity contribution in [2.75, 3.05) is 7.05 Å². The zero-order chi connectivity index (χ0) is 13.8. The van der Waals surface area contributed by atoms with Gasteiger partial charge in [0.25, 0.3) is 5.91 Å². The van der Waals surface area contributed by atoms with E-state index in [2.05, 4.69) is 15.9 Å². The van der Waals surface area contributed by atoms with Gasteiger partial charge in [0, 0.05) is 23.6 Å². The first kappa shape index (κ1) is 13.8. The largest absolute Gasteiger partial charge is 0.337 e. The lowest BCUT2D eigenvalue weighted by Gasteiger charge is -2.17. The Hall–Kier alpha value is -1.61. The second-order valence-electron chi connectivity index (χ2n) is 4.61. The Kier molecular flexibility index (Phi) is 4.38.